The Hall–Kier alpha value is -1.10. The van der Waals surface area contributed by atoms with Crippen LogP contribution in [-0.4, -0.2) is 33.5 Å². The molecule has 0 spiro atoms. The van der Waals surface area contributed by atoms with Gasteiger partial charge in [0.15, 0.2) is 0 Å². The number of halogens is 1. The average molecular weight is 244 g/mol. The van der Waals surface area contributed by atoms with Gasteiger partial charge in [-0.25, -0.2) is 0 Å². The fourth-order valence-corrected chi connectivity index (χ4v) is 1.79. The number of carbonyl (C=O) groups excluding carboxylic acids is 1. The van der Waals surface area contributed by atoms with Gasteiger partial charge in [-0.3, -0.25) is 9.69 Å². The normalized spacial score (nSPS) is 18.0. The monoisotopic (exact) mass is 243 g/mol. The number of amides is 1. The lowest BCUT2D eigenvalue weighted by Crippen LogP contribution is -2.47. The van der Waals surface area contributed by atoms with Crippen LogP contribution >= 0.6 is 12.4 Å². The molecule has 0 atom stereocenters. The molecular weight excluding hydrogens is 230 g/mol. The van der Waals surface area contributed by atoms with Crippen LogP contribution in [0.3, 0.4) is 0 Å². The highest BCUT2D eigenvalue weighted by molar-refractivity contribution is 5.94. The lowest BCUT2D eigenvalue weighted by molar-refractivity contribution is -0.226. The van der Waals surface area contributed by atoms with Gasteiger partial charge >= 0.3 is 0 Å². The number of aliphatic hydroxyl groups is 2. The number of hydrogen-bond donors (Lipinski definition) is 2. The summed E-state index contributed by atoms with van der Waals surface area (Å²) in [6, 6.07) is 8.64. The number of carbonyl (C=O) groups is 1. The van der Waals surface area contributed by atoms with E-state index >= 15 is 0 Å². The van der Waals surface area contributed by atoms with Gasteiger partial charge in [-0.15, -0.1) is 12.4 Å². The first-order chi connectivity index (χ1) is 7.11. The van der Waals surface area contributed by atoms with Gasteiger partial charge in [0, 0.05) is 18.5 Å². The molecule has 1 aromatic rings. The molecule has 1 saturated heterocycles. The zero-order valence-electron chi connectivity index (χ0n) is 8.67. The van der Waals surface area contributed by atoms with Crippen LogP contribution in [0.4, 0.5) is 0 Å². The van der Waals surface area contributed by atoms with Gasteiger partial charge in [0.25, 0.3) is 5.91 Å². The van der Waals surface area contributed by atoms with Crippen molar-refractivity contribution in [3.05, 3.63) is 35.9 Å². The largest absolute Gasteiger partial charge is 0.349 e. The number of hydrogen-bond acceptors (Lipinski definition) is 3. The van der Waals surface area contributed by atoms with E-state index in [1.807, 2.05) is 6.07 Å². The second-order valence-corrected chi connectivity index (χ2v) is 3.70. The molecule has 1 aliphatic rings. The lowest BCUT2D eigenvalue weighted by atomic mass is 10.2. The number of nitrogens with zero attached hydrogens (tertiary/aromatic N) is 1. The fraction of sp³-hybridized carbons (Fsp3) is 0.364. The second kappa shape index (κ2) is 4.82. The molecule has 0 saturated carbocycles. The molecule has 1 fully saturated rings. The van der Waals surface area contributed by atoms with Crippen molar-refractivity contribution in [2.75, 3.05) is 6.54 Å². The first-order valence-corrected chi connectivity index (χ1v) is 4.93. The summed E-state index contributed by atoms with van der Waals surface area (Å²) < 4.78 is 0. The van der Waals surface area contributed by atoms with Gasteiger partial charge in [-0.05, 0) is 18.6 Å². The van der Waals surface area contributed by atoms with E-state index in [4.69, 9.17) is 0 Å². The van der Waals surface area contributed by atoms with E-state index in [0.29, 0.717) is 18.5 Å². The summed E-state index contributed by atoms with van der Waals surface area (Å²) in [7, 11) is 0. The molecule has 0 bridgehead atoms. The molecular formula is C11H14ClNO3. The van der Waals surface area contributed by atoms with Crippen molar-refractivity contribution in [2.45, 2.75) is 18.8 Å². The molecule has 0 unspecified atom stereocenters. The van der Waals surface area contributed by atoms with Crippen LogP contribution in [0.15, 0.2) is 30.3 Å². The summed E-state index contributed by atoms with van der Waals surface area (Å²) in [5.74, 6) is -2.31. The van der Waals surface area contributed by atoms with Crippen molar-refractivity contribution in [2.24, 2.45) is 0 Å². The molecule has 0 aliphatic carbocycles. The lowest BCUT2D eigenvalue weighted by Gasteiger charge is -2.28. The Morgan fingerprint density at radius 3 is 2.38 bits per heavy atom. The average Bonchev–Trinajstić information content (AvgIpc) is 2.58. The third-order valence-electron chi connectivity index (χ3n) is 2.59. The van der Waals surface area contributed by atoms with Crippen LogP contribution in [0.5, 0.6) is 0 Å². The van der Waals surface area contributed by atoms with E-state index in [1.165, 1.54) is 0 Å². The Bertz CT molecular complexity index is 367. The number of rotatable bonds is 1. The van der Waals surface area contributed by atoms with Crippen LogP contribution in [0.2, 0.25) is 0 Å². The second-order valence-electron chi connectivity index (χ2n) is 3.70. The zero-order valence-corrected chi connectivity index (χ0v) is 9.48. The predicted molar refractivity (Wildman–Crippen MR) is 61.1 cm³/mol. The van der Waals surface area contributed by atoms with Gasteiger partial charge in [-0.1, -0.05) is 18.2 Å². The molecule has 2 rings (SSSR count). The number of likely N-dealkylation sites (tertiary alicyclic amines) is 1. The van der Waals surface area contributed by atoms with Crippen LogP contribution < -0.4 is 0 Å². The highest BCUT2D eigenvalue weighted by Crippen LogP contribution is 2.25. The predicted octanol–water partition coefficient (Wildman–Crippen LogP) is 0.983. The van der Waals surface area contributed by atoms with E-state index in [9.17, 15) is 15.0 Å². The smallest absolute Gasteiger partial charge is 0.257 e. The molecule has 0 radical (unpaired) electrons. The van der Waals surface area contributed by atoms with E-state index < -0.39 is 5.91 Å². The minimum atomic E-state index is -1.98. The molecule has 5 heteroatoms. The Labute approximate surface area is 99.9 Å². The van der Waals surface area contributed by atoms with Crippen LogP contribution in [0.1, 0.15) is 23.2 Å². The van der Waals surface area contributed by atoms with E-state index in [1.54, 1.807) is 24.3 Å². The first-order valence-electron chi connectivity index (χ1n) is 4.93. The molecule has 1 aromatic carbocycles. The minimum absolute atomic E-state index is 0. The highest BCUT2D eigenvalue weighted by atomic mass is 35.5. The van der Waals surface area contributed by atoms with Gasteiger partial charge < -0.3 is 10.2 Å². The Balaban J connectivity index is 0.00000128. The summed E-state index contributed by atoms with van der Waals surface area (Å²) in [5, 5.41) is 19.1. The standard InChI is InChI=1S/C11H13NO3.ClH/c13-10(9-5-2-1-3-6-9)12-8-4-7-11(12,14)15;/h1-3,5-6,14-15H,4,7-8H2;1H. The Morgan fingerprint density at radius 2 is 1.88 bits per heavy atom. The molecule has 1 amide bonds. The zero-order chi connectivity index (χ0) is 10.9. The van der Waals surface area contributed by atoms with Crippen molar-refractivity contribution in [3.8, 4) is 0 Å². The summed E-state index contributed by atoms with van der Waals surface area (Å²) in [5.41, 5.74) is 0.479. The Morgan fingerprint density at radius 1 is 1.25 bits per heavy atom. The van der Waals surface area contributed by atoms with Crippen LogP contribution in [0, 0.1) is 0 Å². The molecule has 88 valence electrons. The SMILES string of the molecule is Cl.O=C(c1ccccc1)N1CCCC1(O)O. The van der Waals surface area contributed by atoms with Gasteiger partial charge in [0.1, 0.15) is 0 Å². The third kappa shape index (κ3) is 2.35. The molecule has 1 heterocycles. The van der Waals surface area contributed by atoms with Crippen molar-refractivity contribution < 1.29 is 15.0 Å². The molecule has 1 aliphatic heterocycles. The Kier molecular flexibility index (Phi) is 3.91. The van der Waals surface area contributed by atoms with E-state index in [2.05, 4.69) is 0 Å². The quantitative estimate of drug-likeness (QED) is 0.723. The molecule has 2 N–H and O–H groups in total. The molecule has 0 aromatic heterocycles. The van der Waals surface area contributed by atoms with E-state index in [0.717, 1.165) is 4.90 Å². The highest BCUT2D eigenvalue weighted by Gasteiger charge is 2.40. The van der Waals surface area contributed by atoms with E-state index in [-0.39, 0.29) is 24.7 Å². The first kappa shape index (κ1) is 13.0. The number of benzene rings is 1. The maximum Gasteiger partial charge on any atom is 0.257 e. The van der Waals surface area contributed by atoms with Gasteiger partial charge in [0.2, 0.25) is 5.91 Å². The summed E-state index contributed by atoms with van der Waals surface area (Å²) in [6.07, 6.45) is 0.831. The summed E-state index contributed by atoms with van der Waals surface area (Å²) in [4.78, 5) is 13.0. The van der Waals surface area contributed by atoms with Gasteiger partial charge in [-0.2, -0.15) is 0 Å². The van der Waals surface area contributed by atoms with Crippen LogP contribution in [-0.2, 0) is 0 Å². The third-order valence-corrected chi connectivity index (χ3v) is 2.59. The topological polar surface area (TPSA) is 60.8 Å². The summed E-state index contributed by atoms with van der Waals surface area (Å²) >= 11 is 0. The maximum atomic E-state index is 11.9. The minimum Gasteiger partial charge on any atom is -0.349 e. The van der Waals surface area contributed by atoms with Crippen LogP contribution in [0.25, 0.3) is 0 Å². The van der Waals surface area contributed by atoms with Gasteiger partial charge in [0.05, 0.1) is 0 Å². The molecule has 16 heavy (non-hydrogen) atoms. The summed E-state index contributed by atoms with van der Waals surface area (Å²) in [6.45, 7) is 0.390. The molecule has 4 nitrogen and oxygen atoms in total. The fourth-order valence-electron chi connectivity index (χ4n) is 1.79. The van der Waals surface area contributed by atoms with Crippen molar-refractivity contribution in [1.82, 2.24) is 4.90 Å². The maximum absolute atomic E-state index is 11.9. The van der Waals surface area contributed by atoms with Crippen molar-refractivity contribution >= 4 is 18.3 Å². The van der Waals surface area contributed by atoms with Crippen molar-refractivity contribution in [1.29, 1.82) is 0 Å². The van der Waals surface area contributed by atoms with Crippen molar-refractivity contribution in [3.63, 3.8) is 0 Å².